The van der Waals surface area contributed by atoms with Crippen LogP contribution in [0.3, 0.4) is 0 Å². The molecular formula is C15H21N3O3. The van der Waals surface area contributed by atoms with Crippen LogP contribution in [0.1, 0.15) is 19.8 Å². The second-order valence-electron chi connectivity index (χ2n) is 5.22. The summed E-state index contributed by atoms with van der Waals surface area (Å²) < 4.78 is 5.21. The van der Waals surface area contributed by atoms with Crippen molar-refractivity contribution in [2.24, 2.45) is 5.92 Å². The topological polar surface area (TPSA) is 79.5 Å². The van der Waals surface area contributed by atoms with Crippen LogP contribution >= 0.6 is 0 Å². The fraction of sp³-hybridized carbons (Fsp3) is 0.467. The number of amides is 2. The molecule has 0 atom stereocenters. The van der Waals surface area contributed by atoms with E-state index in [9.17, 15) is 9.59 Å². The lowest BCUT2D eigenvalue weighted by Crippen LogP contribution is -2.29. The van der Waals surface area contributed by atoms with Crippen molar-refractivity contribution in [3.05, 3.63) is 18.2 Å². The number of carbonyl (C=O) groups excluding carboxylic acids is 2. The highest BCUT2D eigenvalue weighted by molar-refractivity contribution is 5.95. The molecule has 2 rings (SSSR count). The van der Waals surface area contributed by atoms with Gasteiger partial charge in [0.25, 0.3) is 0 Å². The Bertz CT molecular complexity index is 527. The third-order valence-electron chi connectivity index (χ3n) is 3.21. The number of anilines is 2. The molecular weight excluding hydrogens is 270 g/mol. The van der Waals surface area contributed by atoms with Crippen molar-refractivity contribution in [1.82, 2.24) is 5.32 Å². The van der Waals surface area contributed by atoms with Gasteiger partial charge in [-0.1, -0.05) is 0 Å². The summed E-state index contributed by atoms with van der Waals surface area (Å²) in [5.74, 6) is 0.993. The molecule has 0 bridgehead atoms. The van der Waals surface area contributed by atoms with Gasteiger partial charge in [0.15, 0.2) is 0 Å². The van der Waals surface area contributed by atoms with E-state index >= 15 is 0 Å². The summed E-state index contributed by atoms with van der Waals surface area (Å²) in [6.45, 7) is 2.59. The Morgan fingerprint density at radius 3 is 2.67 bits per heavy atom. The van der Waals surface area contributed by atoms with Crippen LogP contribution in [0.15, 0.2) is 18.2 Å². The maximum Gasteiger partial charge on any atom is 0.238 e. The minimum atomic E-state index is -0.163. The van der Waals surface area contributed by atoms with E-state index in [1.54, 1.807) is 18.2 Å². The van der Waals surface area contributed by atoms with Gasteiger partial charge in [-0.05, 0) is 43.5 Å². The summed E-state index contributed by atoms with van der Waals surface area (Å²) >= 11 is 0. The number of rotatable bonds is 7. The highest BCUT2D eigenvalue weighted by Gasteiger charge is 2.20. The lowest BCUT2D eigenvalue weighted by atomic mass is 10.2. The summed E-state index contributed by atoms with van der Waals surface area (Å²) in [6.07, 6.45) is 2.50. The van der Waals surface area contributed by atoms with Gasteiger partial charge in [0, 0.05) is 12.6 Å². The summed E-state index contributed by atoms with van der Waals surface area (Å²) in [7, 11) is 1.54. The van der Waals surface area contributed by atoms with Crippen molar-refractivity contribution < 1.29 is 14.3 Å². The van der Waals surface area contributed by atoms with Gasteiger partial charge in [-0.15, -0.1) is 0 Å². The number of benzene rings is 1. The van der Waals surface area contributed by atoms with E-state index in [0.29, 0.717) is 17.1 Å². The van der Waals surface area contributed by atoms with Crippen LogP contribution in [-0.4, -0.2) is 32.0 Å². The van der Waals surface area contributed by atoms with Crippen molar-refractivity contribution in [3.8, 4) is 5.75 Å². The Morgan fingerprint density at radius 1 is 1.29 bits per heavy atom. The summed E-state index contributed by atoms with van der Waals surface area (Å²) in [6, 6.07) is 5.11. The van der Waals surface area contributed by atoms with Gasteiger partial charge >= 0.3 is 0 Å². The fourth-order valence-electron chi connectivity index (χ4n) is 1.99. The van der Waals surface area contributed by atoms with Crippen LogP contribution in [0.2, 0.25) is 0 Å². The third kappa shape index (κ3) is 5.07. The van der Waals surface area contributed by atoms with Gasteiger partial charge in [0.05, 0.1) is 19.3 Å². The molecule has 3 N–H and O–H groups in total. The van der Waals surface area contributed by atoms with E-state index in [0.717, 1.165) is 12.5 Å². The molecule has 1 aromatic rings. The van der Waals surface area contributed by atoms with Crippen molar-refractivity contribution in [2.75, 3.05) is 30.8 Å². The minimum Gasteiger partial charge on any atom is -0.495 e. The molecule has 0 unspecified atom stereocenters. The second-order valence-corrected chi connectivity index (χ2v) is 5.22. The minimum absolute atomic E-state index is 0.131. The summed E-state index contributed by atoms with van der Waals surface area (Å²) in [5, 5.41) is 8.60. The van der Waals surface area contributed by atoms with E-state index in [2.05, 4.69) is 16.0 Å². The molecule has 0 aromatic heterocycles. The average molecular weight is 291 g/mol. The number of carbonyl (C=O) groups is 2. The first-order valence-electron chi connectivity index (χ1n) is 7.04. The molecule has 0 aliphatic heterocycles. The van der Waals surface area contributed by atoms with Gasteiger partial charge in [-0.3, -0.25) is 9.59 Å². The number of hydrogen-bond donors (Lipinski definition) is 3. The zero-order valence-corrected chi connectivity index (χ0v) is 12.4. The highest BCUT2D eigenvalue weighted by atomic mass is 16.5. The SMILES string of the molecule is COc1ccc(NC(C)=O)cc1NC(=O)CNCC1CC1. The van der Waals surface area contributed by atoms with Crippen molar-refractivity contribution >= 4 is 23.2 Å². The molecule has 21 heavy (non-hydrogen) atoms. The van der Waals surface area contributed by atoms with E-state index in [4.69, 9.17) is 4.74 Å². The van der Waals surface area contributed by atoms with E-state index in [1.807, 2.05) is 0 Å². The van der Waals surface area contributed by atoms with Gasteiger partial charge in [0.1, 0.15) is 5.75 Å². The Kier molecular flexibility index (Phi) is 5.16. The summed E-state index contributed by atoms with van der Waals surface area (Å²) in [4.78, 5) is 23.0. The maximum absolute atomic E-state index is 11.9. The molecule has 0 saturated heterocycles. The quantitative estimate of drug-likeness (QED) is 0.713. The monoisotopic (exact) mass is 291 g/mol. The first kappa shape index (κ1) is 15.3. The summed E-state index contributed by atoms with van der Waals surface area (Å²) in [5.41, 5.74) is 1.16. The fourth-order valence-corrected chi connectivity index (χ4v) is 1.99. The third-order valence-corrected chi connectivity index (χ3v) is 3.21. The van der Waals surface area contributed by atoms with Crippen LogP contribution in [0.5, 0.6) is 5.75 Å². The second kappa shape index (κ2) is 7.08. The predicted molar refractivity (Wildman–Crippen MR) is 81.5 cm³/mol. The van der Waals surface area contributed by atoms with Crippen LogP contribution in [-0.2, 0) is 9.59 Å². The van der Waals surface area contributed by atoms with Crippen molar-refractivity contribution in [1.29, 1.82) is 0 Å². The van der Waals surface area contributed by atoms with Gasteiger partial charge in [-0.25, -0.2) is 0 Å². The molecule has 0 radical (unpaired) electrons. The molecule has 6 nitrogen and oxygen atoms in total. The predicted octanol–water partition coefficient (Wildman–Crippen LogP) is 1.59. The Labute approximate surface area is 124 Å². The van der Waals surface area contributed by atoms with Crippen molar-refractivity contribution in [2.45, 2.75) is 19.8 Å². The van der Waals surface area contributed by atoms with Crippen LogP contribution in [0.25, 0.3) is 0 Å². The molecule has 0 heterocycles. The van der Waals surface area contributed by atoms with E-state index in [-0.39, 0.29) is 18.4 Å². The highest BCUT2D eigenvalue weighted by Crippen LogP contribution is 2.28. The number of methoxy groups -OCH3 is 1. The molecule has 1 aromatic carbocycles. The average Bonchev–Trinajstić information content (AvgIpc) is 3.22. The Hall–Kier alpha value is -2.08. The zero-order valence-electron chi connectivity index (χ0n) is 12.4. The number of hydrogen-bond acceptors (Lipinski definition) is 4. The first-order valence-corrected chi connectivity index (χ1v) is 7.04. The smallest absolute Gasteiger partial charge is 0.238 e. The van der Waals surface area contributed by atoms with E-state index in [1.165, 1.54) is 26.9 Å². The molecule has 6 heteroatoms. The lowest BCUT2D eigenvalue weighted by Gasteiger charge is -2.12. The standard InChI is InChI=1S/C15H21N3O3/c1-10(19)17-12-5-6-14(21-2)13(7-12)18-15(20)9-16-8-11-3-4-11/h5-7,11,16H,3-4,8-9H2,1-2H3,(H,17,19)(H,18,20). The molecule has 1 saturated carbocycles. The Balaban J connectivity index is 1.94. The van der Waals surface area contributed by atoms with Gasteiger partial charge < -0.3 is 20.7 Å². The molecule has 1 fully saturated rings. The van der Waals surface area contributed by atoms with E-state index < -0.39 is 0 Å². The lowest BCUT2D eigenvalue weighted by molar-refractivity contribution is -0.115. The van der Waals surface area contributed by atoms with Crippen molar-refractivity contribution in [3.63, 3.8) is 0 Å². The first-order chi connectivity index (χ1) is 10.1. The maximum atomic E-state index is 11.9. The Morgan fingerprint density at radius 2 is 2.05 bits per heavy atom. The number of ether oxygens (including phenoxy) is 1. The normalized spacial score (nSPS) is 13.6. The van der Waals surface area contributed by atoms with Crippen LogP contribution in [0.4, 0.5) is 11.4 Å². The largest absolute Gasteiger partial charge is 0.495 e. The van der Waals surface area contributed by atoms with Crippen LogP contribution < -0.4 is 20.7 Å². The molecule has 1 aliphatic carbocycles. The van der Waals surface area contributed by atoms with Gasteiger partial charge in [-0.2, -0.15) is 0 Å². The molecule has 2 amide bonds. The van der Waals surface area contributed by atoms with Gasteiger partial charge in [0.2, 0.25) is 11.8 Å². The molecule has 1 aliphatic rings. The number of nitrogens with one attached hydrogen (secondary N) is 3. The zero-order chi connectivity index (χ0) is 15.2. The van der Waals surface area contributed by atoms with Crippen LogP contribution in [0, 0.1) is 5.92 Å². The molecule has 114 valence electrons. The molecule has 0 spiro atoms.